The van der Waals surface area contributed by atoms with E-state index in [4.69, 9.17) is 0 Å². The Kier molecular flexibility index (Phi) is 5.30. The number of benzene rings is 2. The topological polar surface area (TPSA) is 67.2 Å². The molecule has 0 saturated carbocycles. The number of nitrogens with zero attached hydrogens (tertiary/aromatic N) is 3. The Morgan fingerprint density at radius 1 is 0.929 bits per heavy atom. The van der Waals surface area contributed by atoms with Crippen LogP contribution in [0.15, 0.2) is 71.5 Å². The summed E-state index contributed by atoms with van der Waals surface area (Å²) >= 11 is 0. The Labute approximate surface area is 163 Å². The van der Waals surface area contributed by atoms with Gasteiger partial charge in [0.25, 0.3) is 11.5 Å². The molecule has 6 nitrogen and oxygen atoms in total. The second-order valence-corrected chi connectivity index (χ2v) is 6.94. The molecule has 1 saturated heterocycles. The number of carbonyl (C=O) groups excluding carboxylic acids is 1. The van der Waals surface area contributed by atoms with Gasteiger partial charge in [-0.15, -0.1) is 0 Å². The Balaban J connectivity index is 1.47. The van der Waals surface area contributed by atoms with E-state index in [2.05, 4.69) is 15.3 Å². The first-order valence-corrected chi connectivity index (χ1v) is 9.47. The van der Waals surface area contributed by atoms with Crippen molar-refractivity contribution in [3.05, 3.63) is 88.3 Å². The lowest BCUT2D eigenvalue weighted by Crippen LogP contribution is -2.24. The Morgan fingerprint density at radius 3 is 2.36 bits per heavy atom. The summed E-state index contributed by atoms with van der Waals surface area (Å²) in [7, 11) is 0. The number of amides is 1. The van der Waals surface area contributed by atoms with Crippen molar-refractivity contribution in [2.24, 2.45) is 0 Å². The molecule has 0 aliphatic carbocycles. The minimum Gasteiger partial charge on any atom is -0.321 e. The molecule has 0 radical (unpaired) electrons. The summed E-state index contributed by atoms with van der Waals surface area (Å²) in [6, 6.07) is 19.7. The molecule has 4 rings (SSSR count). The van der Waals surface area contributed by atoms with Crippen molar-refractivity contribution in [2.75, 3.05) is 18.4 Å². The van der Waals surface area contributed by atoms with Crippen LogP contribution in [0.1, 0.15) is 28.9 Å². The molecule has 1 aliphatic rings. The van der Waals surface area contributed by atoms with Crippen molar-refractivity contribution in [2.45, 2.75) is 19.4 Å². The first-order chi connectivity index (χ1) is 13.7. The second kappa shape index (κ2) is 8.19. The molecule has 1 aliphatic heterocycles. The minimum absolute atomic E-state index is 0.185. The normalized spacial score (nSPS) is 14.1. The monoisotopic (exact) mass is 374 g/mol. The van der Waals surface area contributed by atoms with Crippen LogP contribution in [0.4, 0.5) is 5.69 Å². The number of anilines is 1. The fourth-order valence-electron chi connectivity index (χ4n) is 3.37. The molecule has 0 spiro atoms. The standard InChI is InChI=1S/C22H22N4O2/c27-21-13-12-20(24-26(21)19-6-2-1-3-7-19)22(28)23-18-10-8-17(9-11-18)16-25-14-4-5-15-25/h1-3,6-13H,4-5,14-16H2,(H,23,28). The lowest BCUT2D eigenvalue weighted by molar-refractivity contribution is 0.102. The van der Waals surface area contributed by atoms with Crippen LogP contribution < -0.4 is 10.9 Å². The van der Waals surface area contributed by atoms with E-state index in [1.54, 1.807) is 12.1 Å². The summed E-state index contributed by atoms with van der Waals surface area (Å²) in [4.78, 5) is 27.1. The number of hydrogen-bond acceptors (Lipinski definition) is 4. The van der Waals surface area contributed by atoms with Crippen molar-refractivity contribution >= 4 is 11.6 Å². The minimum atomic E-state index is -0.350. The number of hydrogen-bond donors (Lipinski definition) is 1. The third-order valence-electron chi connectivity index (χ3n) is 4.85. The van der Waals surface area contributed by atoms with Gasteiger partial charge in [-0.05, 0) is 61.8 Å². The number of likely N-dealkylation sites (tertiary alicyclic amines) is 1. The molecule has 1 amide bonds. The van der Waals surface area contributed by atoms with Gasteiger partial charge in [-0.1, -0.05) is 30.3 Å². The molecular weight excluding hydrogens is 352 g/mol. The van der Waals surface area contributed by atoms with E-state index in [0.717, 1.165) is 19.6 Å². The predicted molar refractivity (Wildman–Crippen MR) is 109 cm³/mol. The predicted octanol–water partition coefficient (Wildman–Crippen LogP) is 3.08. The van der Waals surface area contributed by atoms with Crippen molar-refractivity contribution in [3.63, 3.8) is 0 Å². The SMILES string of the molecule is O=C(Nc1ccc(CN2CCCC2)cc1)c1ccc(=O)n(-c2ccccc2)n1. The molecule has 2 aromatic carbocycles. The molecule has 0 bridgehead atoms. The fraction of sp³-hybridized carbons (Fsp3) is 0.227. The maximum atomic E-state index is 12.6. The van der Waals surface area contributed by atoms with Crippen molar-refractivity contribution in [1.29, 1.82) is 0 Å². The molecule has 6 heteroatoms. The highest BCUT2D eigenvalue weighted by Crippen LogP contribution is 2.15. The highest BCUT2D eigenvalue weighted by Gasteiger charge is 2.13. The smallest absolute Gasteiger partial charge is 0.276 e. The van der Waals surface area contributed by atoms with Gasteiger partial charge in [0.15, 0.2) is 0 Å². The summed E-state index contributed by atoms with van der Waals surface area (Å²) in [6.07, 6.45) is 2.54. The summed E-state index contributed by atoms with van der Waals surface area (Å²) < 4.78 is 1.23. The van der Waals surface area contributed by atoms with Crippen molar-refractivity contribution in [3.8, 4) is 5.69 Å². The van der Waals surface area contributed by atoms with E-state index in [9.17, 15) is 9.59 Å². The first kappa shape index (κ1) is 18.1. The van der Waals surface area contributed by atoms with Gasteiger partial charge in [0.2, 0.25) is 0 Å². The van der Waals surface area contributed by atoms with Gasteiger partial charge in [0.1, 0.15) is 5.69 Å². The number of nitrogens with one attached hydrogen (secondary N) is 1. The average molecular weight is 374 g/mol. The summed E-state index contributed by atoms with van der Waals surface area (Å²) in [5.74, 6) is -0.350. The maximum absolute atomic E-state index is 12.6. The van der Waals surface area contributed by atoms with E-state index in [-0.39, 0.29) is 17.2 Å². The molecule has 0 unspecified atom stereocenters. The molecule has 0 atom stereocenters. The second-order valence-electron chi connectivity index (χ2n) is 6.94. The third-order valence-corrected chi connectivity index (χ3v) is 4.85. The highest BCUT2D eigenvalue weighted by molar-refractivity contribution is 6.02. The maximum Gasteiger partial charge on any atom is 0.276 e. The number of rotatable bonds is 5. The number of aromatic nitrogens is 2. The average Bonchev–Trinajstić information content (AvgIpc) is 3.23. The van der Waals surface area contributed by atoms with E-state index >= 15 is 0 Å². The van der Waals surface area contributed by atoms with Gasteiger partial charge in [0, 0.05) is 18.3 Å². The van der Waals surface area contributed by atoms with E-state index in [1.807, 2.05) is 42.5 Å². The zero-order valence-corrected chi connectivity index (χ0v) is 15.5. The summed E-state index contributed by atoms with van der Waals surface area (Å²) in [5.41, 5.74) is 2.46. The van der Waals surface area contributed by atoms with Crippen molar-refractivity contribution in [1.82, 2.24) is 14.7 Å². The number of carbonyl (C=O) groups is 1. The van der Waals surface area contributed by atoms with Gasteiger partial charge >= 0.3 is 0 Å². The van der Waals surface area contributed by atoms with E-state index in [0.29, 0.717) is 11.4 Å². The zero-order chi connectivity index (χ0) is 19.3. The van der Waals surface area contributed by atoms with Gasteiger partial charge in [-0.25, -0.2) is 0 Å². The molecule has 2 heterocycles. The highest BCUT2D eigenvalue weighted by atomic mass is 16.2. The fourth-order valence-corrected chi connectivity index (χ4v) is 3.37. The first-order valence-electron chi connectivity index (χ1n) is 9.47. The third kappa shape index (κ3) is 4.18. The molecule has 28 heavy (non-hydrogen) atoms. The van der Waals surface area contributed by atoms with Crippen LogP contribution >= 0.6 is 0 Å². The molecule has 3 aromatic rings. The molecule has 1 aromatic heterocycles. The van der Waals surface area contributed by atoms with Crippen molar-refractivity contribution < 1.29 is 4.79 Å². The van der Waals surface area contributed by atoms with E-state index < -0.39 is 0 Å². The van der Waals surface area contributed by atoms with Gasteiger partial charge in [0.05, 0.1) is 5.69 Å². The van der Waals surface area contributed by atoms with Crippen LogP contribution in [-0.4, -0.2) is 33.7 Å². The number of para-hydroxylation sites is 1. The van der Waals surface area contributed by atoms with Gasteiger partial charge in [-0.3, -0.25) is 14.5 Å². The van der Waals surface area contributed by atoms with Crippen LogP contribution in [0.25, 0.3) is 5.69 Å². The van der Waals surface area contributed by atoms with Gasteiger partial charge in [-0.2, -0.15) is 9.78 Å². The Hall–Kier alpha value is -3.25. The lowest BCUT2D eigenvalue weighted by atomic mass is 10.2. The molecular formula is C22H22N4O2. The Bertz CT molecular complexity index is 1010. The lowest BCUT2D eigenvalue weighted by Gasteiger charge is -2.14. The molecule has 1 fully saturated rings. The largest absolute Gasteiger partial charge is 0.321 e. The molecule has 1 N–H and O–H groups in total. The summed E-state index contributed by atoms with van der Waals surface area (Å²) in [5, 5.41) is 7.06. The zero-order valence-electron chi connectivity index (χ0n) is 15.5. The van der Waals surface area contributed by atoms with E-state index in [1.165, 1.54) is 35.2 Å². The Morgan fingerprint density at radius 2 is 1.64 bits per heavy atom. The summed E-state index contributed by atoms with van der Waals surface area (Å²) in [6.45, 7) is 3.25. The molecule has 142 valence electrons. The van der Waals surface area contributed by atoms with Crippen LogP contribution in [0.2, 0.25) is 0 Å². The van der Waals surface area contributed by atoms with Crippen LogP contribution in [-0.2, 0) is 6.54 Å². The van der Waals surface area contributed by atoms with Crippen LogP contribution in [0.5, 0.6) is 0 Å². The quantitative estimate of drug-likeness (QED) is 0.745. The van der Waals surface area contributed by atoms with Crippen LogP contribution in [0, 0.1) is 0 Å². The van der Waals surface area contributed by atoms with Crippen LogP contribution in [0.3, 0.4) is 0 Å². The van der Waals surface area contributed by atoms with Gasteiger partial charge < -0.3 is 5.32 Å².